The molecule has 2 aromatic rings. The van der Waals surface area contributed by atoms with Crippen LogP contribution in [0.5, 0.6) is 11.5 Å². The lowest BCUT2D eigenvalue weighted by Crippen LogP contribution is -2.39. The molecule has 3 aliphatic carbocycles. The molecule has 1 N–H and O–H groups in total. The third kappa shape index (κ3) is 3.49. The number of allylic oxidation sites excluding steroid dienone is 6. The molecule has 1 heterocycles. The minimum atomic E-state index is -0.628. The molecule has 7 heteroatoms. The van der Waals surface area contributed by atoms with Crippen LogP contribution in [-0.4, -0.2) is 35.1 Å². The van der Waals surface area contributed by atoms with Gasteiger partial charge in [-0.25, -0.2) is 0 Å². The number of hydrogen-bond donors (Lipinski definition) is 1. The van der Waals surface area contributed by atoms with Crippen LogP contribution in [0.1, 0.15) is 38.2 Å². The number of imide groups is 1. The number of hydrogen-bond acceptors (Lipinski definition) is 6. The number of ketones is 2. The Bertz CT molecular complexity index is 1500. The third-order valence-electron chi connectivity index (χ3n) is 8.19. The van der Waals surface area contributed by atoms with Gasteiger partial charge in [0.1, 0.15) is 0 Å². The Labute approximate surface area is 220 Å². The van der Waals surface area contributed by atoms with E-state index in [1.165, 1.54) is 17.0 Å². The molecule has 0 spiro atoms. The summed E-state index contributed by atoms with van der Waals surface area (Å²) in [6, 6.07) is 13.8. The number of fused-ring (bicyclic) bond motifs is 3. The van der Waals surface area contributed by atoms with E-state index in [-0.39, 0.29) is 41.3 Å². The Morgan fingerprint density at radius 1 is 1.00 bits per heavy atom. The second kappa shape index (κ2) is 8.94. The number of nitrogens with zero attached hydrogens (tertiary/aromatic N) is 1. The molecule has 0 saturated carbocycles. The topological polar surface area (TPSA) is 101 Å². The van der Waals surface area contributed by atoms with E-state index in [1.807, 2.05) is 19.1 Å². The summed E-state index contributed by atoms with van der Waals surface area (Å²) in [4.78, 5) is 55.4. The summed E-state index contributed by atoms with van der Waals surface area (Å²) in [6.07, 6.45) is 3.96. The van der Waals surface area contributed by atoms with Crippen molar-refractivity contribution in [2.75, 3.05) is 11.5 Å². The van der Waals surface area contributed by atoms with Crippen molar-refractivity contribution in [2.45, 2.75) is 32.6 Å². The Morgan fingerprint density at radius 2 is 1.76 bits per heavy atom. The van der Waals surface area contributed by atoms with Crippen LogP contribution in [0.15, 0.2) is 83.0 Å². The second-order valence-corrected chi connectivity index (χ2v) is 10.2. The number of para-hydroxylation sites is 1. The Kier molecular flexibility index (Phi) is 5.67. The summed E-state index contributed by atoms with van der Waals surface area (Å²) in [7, 11) is 0. The van der Waals surface area contributed by atoms with Gasteiger partial charge in [-0.05, 0) is 68.5 Å². The Balaban J connectivity index is 1.50. The van der Waals surface area contributed by atoms with Gasteiger partial charge in [-0.1, -0.05) is 35.9 Å². The molecule has 0 bridgehead atoms. The zero-order valence-corrected chi connectivity index (χ0v) is 21.1. The molecule has 2 aromatic carbocycles. The van der Waals surface area contributed by atoms with E-state index in [2.05, 4.69) is 0 Å². The molecule has 0 aromatic heterocycles. The first kappa shape index (κ1) is 24.1. The summed E-state index contributed by atoms with van der Waals surface area (Å²) in [6.45, 7) is 3.78. The van der Waals surface area contributed by atoms with Crippen molar-refractivity contribution in [1.29, 1.82) is 0 Å². The molecule has 4 atom stereocenters. The standard InChI is InChI=1S/C31H27NO6/c1-3-38-25-14-17(9-12-23(25)33)26-19-10-11-20-27(31(37)32(30(20)36)18-7-5-4-6-8-18)21(19)15-22-28(26)24(34)13-16(2)29(22)35/h4-10,12-14,20-21,26-27,33H,3,11,15H2,1-2H3. The van der Waals surface area contributed by atoms with Crippen LogP contribution in [0.2, 0.25) is 0 Å². The minimum Gasteiger partial charge on any atom is -0.504 e. The maximum atomic E-state index is 13.8. The van der Waals surface area contributed by atoms with Crippen LogP contribution in [0.3, 0.4) is 0 Å². The predicted molar refractivity (Wildman–Crippen MR) is 140 cm³/mol. The third-order valence-corrected chi connectivity index (χ3v) is 8.19. The number of phenols is 1. The predicted octanol–water partition coefficient (Wildman–Crippen LogP) is 4.43. The Hall–Kier alpha value is -4.26. The van der Waals surface area contributed by atoms with E-state index in [1.54, 1.807) is 43.3 Å². The van der Waals surface area contributed by atoms with Gasteiger partial charge in [0, 0.05) is 22.6 Å². The van der Waals surface area contributed by atoms with Gasteiger partial charge in [-0.15, -0.1) is 0 Å². The van der Waals surface area contributed by atoms with Crippen LogP contribution in [0.4, 0.5) is 5.69 Å². The van der Waals surface area contributed by atoms with Gasteiger partial charge in [0.25, 0.3) is 0 Å². The summed E-state index contributed by atoms with van der Waals surface area (Å²) >= 11 is 0. The monoisotopic (exact) mass is 509 g/mol. The molecule has 1 fully saturated rings. The van der Waals surface area contributed by atoms with Gasteiger partial charge >= 0.3 is 0 Å². The molecular formula is C31H27NO6. The summed E-state index contributed by atoms with van der Waals surface area (Å²) < 4.78 is 5.61. The van der Waals surface area contributed by atoms with Crippen LogP contribution >= 0.6 is 0 Å². The highest BCUT2D eigenvalue weighted by Gasteiger charge is 2.56. The maximum Gasteiger partial charge on any atom is 0.238 e. The van der Waals surface area contributed by atoms with Crippen molar-refractivity contribution in [1.82, 2.24) is 0 Å². The first-order chi connectivity index (χ1) is 18.3. The molecule has 7 nitrogen and oxygen atoms in total. The first-order valence-corrected chi connectivity index (χ1v) is 12.9. The molecular weight excluding hydrogens is 482 g/mol. The number of ether oxygens (including phenoxy) is 1. The quantitative estimate of drug-likeness (QED) is 0.372. The number of rotatable bonds is 4. The lowest BCUT2D eigenvalue weighted by atomic mass is 9.59. The SMILES string of the molecule is CCOc1cc(C2C3=CCC4C(=O)N(c5ccccc5)C(=O)C4C3CC3=C2C(=O)C=C(C)C3=O)ccc1O. The smallest absolute Gasteiger partial charge is 0.238 e. The van der Waals surface area contributed by atoms with Crippen molar-refractivity contribution >= 4 is 29.1 Å². The lowest BCUT2D eigenvalue weighted by Gasteiger charge is -2.42. The van der Waals surface area contributed by atoms with E-state index >= 15 is 0 Å². The van der Waals surface area contributed by atoms with Crippen molar-refractivity contribution in [3.63, 3.8) is 0 Å². The Morgan fingerprint density at radius 3 is 2.50 bits per heavy atom. The fourth-order valence-electron chi connectivity index (χ4n) is 6.57. The maximum absolute atomic E-state index is 13.8. The van der Waals surface area contributed by atoms with E-state index < -0.39 is 23.7 Å². The number of anilines is 1. The molecule has 2 amide bonds. The highest BCUT2D eigenvalue weighted by molar-refractivity contribution is 6.25. The van der Waals surface area contributed by atoms with Gasteiger partial charge in [-0.2, -0.15) is 0 Å². The van der Waals surface area contributed by atoms with Gasteiger partial charge in [-0.3, -0.25) is 24.1 Å². The fourth-order valence-corrected chi connectivity index (χ4v) is 6.57. The largest absolute Gasteiger partial charge is 0.504 e. The normalized spacial score (nSPS) is 26.5. The fraction of sp³-hybridized carbons (Fsp3) is 0.290. The highest BCUT2D eigenvalue weighted by Crippen LogP contribution is 2.55. The summed E-state index contributed by atoms with van der Waals surface area (Å²) in [5.41, 5.74) is 3.28. The molecule has 6 rings (SSSR count). The number of benzene rings is 2. The number of carbonyl (C=O) groups excluding carboxylic acids is 4. The second-order valence-electron chi connectivity index (χ2n) is 10.2. The van der Waals surface area contributed by atoms with Gasteiger partial charge in [0.15, 0.2) is 23.1 Å². The van der Waals surface area contributed by atoms with Crippen molar-refractivity contribution in [3.8, 4) is 11.5 Å². The van der Waals surface area contributed by atoms with Crippen molar-refractivity contribution < 1.29 is 29.0 Å². The lowest BCUT2D eigenvalue weighted by molar-refractivity contribution is -0.123. The van der Waals surface area contributed by atoms with Gasteiger partial charge < -0.3 is 9.84 Å². The molecule has 4 aliphatic rings. The van der Waals surface area contributed by atoms with Crippen LogP contribution in [-0.2, 0) is 19.2 Å². The van der Waals surface area contributed by atoms with Crippen molar-refractivity contribution in [2.24, 2.45) is 17.8 Å². The van der Waals surface area contributed by atoms with Crippen LogP contribution < -0.4 is 9.64 Å². The average Bonchev–Trinajstić information content (AvgIpc) is 3.17. The number of phenolic OH excluding ortho intramolecular Hbond substituents is 1. The number of amides is 2. The molecule has 1 aliphatic heterocycles. The van der Waals surface area contributed by atoms with Gasteiger partial charge in [0.2, 0.25) is 11.8 Å². The number of carbonyl (C=O) groups is 4. The zero-order chi connectivity index (χ0) is 26.7. The molecule has 4 unspecified atom stereocenters. The van der Waals surface area contributed by atoms with Crippen LogP contribution in [0, 0.1) is 17.8 Å². The van der Waals surface area contributed by atoms with Crippen LogP contribution in [0.25, 0.3) is 0 Å². The summed E-state index contributed by atoms with van der Waals surface area (Å²) in [5.74, 6) is -2.82. The summed E-state index contributed by atoms with van der Waals surface area (Å²) in [5, 5.41) is 10.3. The first-order valence-electron chi connectivity index (χ1n) is 12.9. The minimum absolute atomic E-state index is 0.0216. The molecule has 38 heavy (non-hydrogen) atoms. The zero-order valence-electron chi connectivity index (χ0n) is 21.1. The molecule has 192 valence electrons. The van der Waals surface area contributed by atoms with E-state index in [4.69, 9.17) is 4.74 Å². The molecule has 0 radical (unpaired) electrons. The van der Waals surface area contributed by atoms with E-state index in [0.29, 0.717) is 41.0 Å². The van der Waals surface area contributed by atoms with Crippen molar-refractivity contribution in [3.05, 3.63) is 88.5 Å². The van der Waals surface area contributed by atoms with Gasteiger partial charge in [0.05, 0.1) is 24.1 Å². The number of aromatic hydroxyl groups is 1. The number of Topliss-reactive ketones (excluding diaryl/α,β-unsaturated/α-hetero) is 1. The van der Waals surface area contributed by atoms with E-state index in [9.17, 15) is 24.3 Å². The average molecular weight is 510 g/mol. The highest BCUT2D eigenvalue weighted by atomic mass is 16.5. The molecule has 1 saturated heterocycles. The van der Waals surface area contributed by atoms with E-state index in [0.717, 1.165) is 5.57 Å².